The van der Waals surface area contributed by atoms with Gasteiger partial charge in [-0.05, 0) is 19.4 Å². The first-order valence-corrected chi connectivity index (χ1v) is 5.89. The fourth-order valence-corrected chi connectivity index (χ4v) is 1.83. The third-order valence-corrected chi connectivity index (χ3v) is 2.90. The molecule has 0 saturated carbocycles. The maximum absolute atomic E-state index is 11.1. The number of hydrogen-bond donors (Lipinski definition) is 1. The molecule has 0 aromatic rings. The van der Waals surface area contributed by atoms with Crippen LogP contribution in [0, 0.1) is 5.92 Å². The van der Waals surface area contributed by atoms with Gasteiger partial charge < -0.3 is 9.47 Å². The molecule has 1 aliphatic rings. The SMILES string of the molecule is CCOC(=O)/C=C/[C@H]1CC[C@](OO)(C(C)C)O1. The van der Waals surface area contributed by atoms with Gasteiger partial charge in [-0.1, -0.05) is 13.8 Å². The minimum Gasteiger partial charge on any atom is -0.463 e. The van der Waals surface area contributed by atoms with Gasteiger partial charge in [-0.15, -0.1) is 0 Å². The van der Waals surface area contributed by atoms with Gasteiger partial charge in [-0.2, -0.15) is 0 Å². The second-order valence-electron chi connectivity index (χ2n) is 4.36. The molecule has 1 rings (SSSR count). The number of ether oxygens (including phenoxy) is 2. The van der Waals surface area contributed by atoms with Gasteiger partial charge in [0.1, 0.15) is 0 Å². The van der Waals surface area contributed by atoms with Crippen LogP contribution in [0.1, 0.15) is 33.6 Å². The zero-order valence-electron chi connectivity index (χ0n) is 10.5. The van der Waals surface area contributed by atoms with E-state index in [1.807, 2.05) is 13.8 Å². The Hall–Kier alpha value is -0.910. The Kier molecular flexibility index (Phi) is 5.11. The van der Waals surface area contributed by atoms with E-state index >= 15 is 0 Å². The van der Waals surface area contributed by atoms with Crippen molar-refractivity contribution in [2.45, 2.75) is 45.5 Å². The van der Waals surface area contributed by atoms with E-state index in [1.165, 1.54) is 6.08 Å². The molecule has 1 heterocycles. The zero-order valence-corrected chi connectivity index (χ0v) is 10.5. The molecule has 1 N–H and O–H groups in total. The topological polar surface area (TPSA) is 65.0 Å². The van der Waals surface area contributed by atoms with Crippen molar-refractivity contribution in [3.05, 3.63) is 12.2 Å². The number of hydrogen-bond acceptors (Lipinski definition) is 5. The lowest BCUT2D eigenvalue weighted by molar-refractivity contribution is -0.409. The summed E-state index contributed by atoms with van der Waals surface area (Å²) in [6.07, 6.45) is 4.06. The highest BCUT2D eigenvalue weighted by Gasteiger charge is 2.44. The third-order valence-electron chi connectivity index (χ3n) is 2.90. The Morgan fingerprint density at radius 1 is 1.65 bits per heavy atom. The molecule has 0 aromatic carbocycles. The van der Waals surface area contributed by atoms with Gasteiger partial charge in [0.05, 0.1) is 12.7 Å². The first-order chi connectivity index (χ1) is 8.04. The highest BCUT2D eigenvalue weighted by molar-refractivity contribution is 5.81. The molecule has 0 unspecified atom stereocenters. The van der Waals surface area contributed by atoms with Crippen molar-refractivity contribution < 1.29 is 24.4 Å². The molecular weight excluding hydrogens is 224 g/mol. The fraction of sp³-hybridized carbons (Fsp3) is 0.750. The van der Waals surface area contributed by atoms with Crippen molar-refractivity contribution >= 4 is 5.97 Å². The average molecular weight is 244 g/mol. The zero-order chi connectivity index (χ0) is 12.9. The van der Waals surface area contributed by atoms with E-state index in [-0.39, 0.29) is 18.0 Å². The van der Waals surface area contributed by atoms with Gasteiger partial charge in [0, 0.05) is 18.4 Å². The summed E-state index contributed by atoms with van der Waals surface area (Å²) in [7, 11) is 0. The van der Waals surface area contributed by atoms with Crippen LogP contribution in [0.3, 0.4) is 0 Å². The van der Waals surface area contributed by atoms with Crippen LogP contribution in [0.25, 0.3) is 0 Å². The molecule has 0 radical (unpaired) electrons. The van der Waals surface area contributed by atoms with Gasteiger partial charge in [0.15, 0.2) is 0 Å². The summed E-state index contributed by atoms with van der Waals surface area (Å²) in [5.74, 6) is -1.31. The van der Waals surface area contributed by atoms with Gasteiger partial charge >= 0.3 is 5.97 Å². The second-order valence-corrected chi connectivity index (χ2v) is 4.36. The Bertz CT molecular complexity index is 287. The first-order valence-electron chi connectivity index (χ1n) is 5.89. The third kappa shape index (κ3) is 3.52. The molecular formula is C12H20O5. The lowest BCUT2D eigenvalue weighted by Gasteiger charge is -2.29. The molecule has 5 heteroatoms. The van der Waals surface area contributed by atoms with Crippen molar-refractivity contribution in [2.75, 3.05) is 6.61 Å². The van der Waals surface area contributed by atoms with Crippen molar-refractivity contribution in [1.82, 2.24) is 0 Å². The van der Waals surface area contributed by atoms with Gasteiger partial charge in [-0.3, -0.25) is 0 Å². The van der Waals surface area contributed by atoms with E-state index in [1.54, 1.807) is 13.0 Å². The second kappa shape index (κ2) is 6.14. The fourth-order valence-electron chi connectivity index (χ4n) is 1.83. The van der Waals surface area contributed by atoms with Crippen LogP contribution in [-0.2, 0) is 19.2 Å². The van der Waals surface area contributed by atoms with Crippen LogP contribution in [0.15, 0.2) is 12.2 Å². The van der Waals surface area contributed by atoms with Crippen molar-refractivity contribution in [2.24, 2.45) is 5.92 Å². The highest BCUT2D eigenvalue weighted by atomic mass is 17.1. The molecule has 0 aromatic heterocycles. The van der Waals surface area contributed by atoms with Crippen LogP contribution in [0.2, 0.25) is 0 Å². The largest absolute Gasteiger partial charge is 0.463 e. The Balaban J connectivity index is 2.53. The van der Waals surface area contributed by atoms with E-state index in [4.69, 9.17) is 14.7 Å². The quantitative estimate of drug-likeness (QED) is 0.347. The smallest absolute Gasteiger partial charge is 0.330 e. The van der Waals surface area contributed by atoms with E-state index in [0.29, 0.717) is 19.4 Å². The molecule has 17 heavy (non-hydrogen) atoms. The maximum Gasteiger partial charge on any atom is 0.330 e. The number of esters is 1. The summed E-state index contributed by atoms with van der Waals surface area (Å²) in [5.41, 5.74) is 0. The summed E-state index contributed by atoms with van der Waals surface area (Å²) in [6, 6.07) is 0. The van der Waals surface area contributed by atoms with Crippen molar-refractivity contribution in [3.63, 3.8) is 0 Å². The van der Waals surface area contributed by atoms with Crippen molar-refractivity contribution in [3.8, 4) is 0 Å². The summed E-state index contributed by atoms with van der Waals surface area (Å²) in [4.78, 5) is 15.6. The summed E-state index contributed by atoms with van der Waals surface area (Å²) >= 11 is 0. The molecule has 0 amide bonds. The molecule has 0 aliphatic carbocycles. The predicted molar refractivity (Wildman–Crippen MR) is 61.2 cm³/mol. The lowest BCUT2D eigenvalue weighted by Crippen LogP contribution is -2.37. The van der Waals surface area contributed by atoms with E-state index < -0.39 is 5.79 Å². The van der Waals surface area contributed by atoms with Crippen molar-refractivity contribution in [1.29, 1.82) is 0 Å². The number of carbonyl (C=O) groups is 1. The summed E-state index contributed by atoms with van der Waals surface area (Å²) in [6.45, 7) is 5.92. The maximum atomic E-state index is 11.1. The Morgan fingerprint density at radius 2 is 2.35 bits per heavy atom. The van der Waals surface area contributed by atoms with E-state index in [2.05, 4.69) is 4.89 Å². The van der Waals surface area contributed by atoms with Gasteiger partial charge in [-0.25, -0.2) is 14.9 Å². The van der Waals surface area contributed by atoms with Gasteiger partial charge in [0.2, 0.25) is 5.79 Å². The average Bonchev–Trinajstić information content (AvgIpc) is 2.72. The summed E-state index contributed by atoms with van der Waals surface area (Å²) in [5, 5.41) is 8.93. The van der Waals surface area contributed by atoms with Crippen LogP contribution in [-0.4, -0.2) is 29.7 Å². The standard InChI is InChI=1S/C12H20O5/c1-4-15-11(13)6-5-10-7-8-12(16-10,17-14)9(2)3/h5-6,9-10,14H,4,7-8H2,1-3H3/b6-5+/t10-,12-/m0/s1. The summed E-state index contributed by atoms with van der Waals surface area (Å²) < 4.78 is 10.4. The van der Waals surface area contributed by atoms with Crippen LogP contribution >= 0.6 is 0 Å². The number of rotatable bonds is 5. The normalized spacial score (nSPS) is 29.1. The van der Waals surface area contributed by atoms with Gasteiger partial charge in [0.25, 0.3) is 0 Å². The van der Waals surface area contributed by atoms with Crippen LogP contribution in [0.5, 0.6) is 0 Å². The molecule has 2 atom stereocenters. The van der Waals surface area contributed by atoms with Crippen LogP contribution < -0.4 is 0 Å². The van der Waals surface area contributed by atoms with E-state index in [9.17, 15) is 4.79 Å². The monoisotopic (exact) mass is 244 g/mol. The number of carbonyl (C=O) groups excluding carboxylic acids is 1. The minimum absolute atomic E-state index is 0.0356. The van der Waals surface area contributed by atoms with Crippen LogP contribution in [0.4, 0.5) is 0 Å². The predicted octanol–water partition coefficient (Wildman–Crippen LogP) is 2.13. The lowest BCUT2D eigenvalue weighted by atomic mass is 10.00. The molecule has 1 aliphatic heterocycles. The Morgan fingerprint density at radius 3 is 2.82 bits per heavy atom. The molecule has 0 bridgehead atoms. The molecule has 0 spiro atoms. The van der Waals surface area contributed by atoms with E-state index in [0.717, 1.165) is 0 Å². The molecule has 1 fully saturated rings. The minimum atomic E-state index is -0.955. The highest BCUT2D eigenvalue weighted by Crippen LogP contribution is 2.37. The molecule has 5 nitrogen and oxygen atoms in total. The first kappa shape index (κ1) is 14.2. The molecule has 1 saturated heterocycles. The Labute approximate surface area is 101 Å². The molecule has 98 valence electrons.